The molecule has 0 bridgehead atoms. The Morgan fingerprint density at radius 2 is 2.05 bits per heavy atom. The summed E-state index contributed by atoms with van der Waals surface area (Å²) in [4.78, 5) is 2.59. The van der Waals surface area contributed by atoms with Crippen molar-refractivity contribution in [2.75, 3.05) is 24.5 Å². The highest BCUT2D eigenvalue weighted by Gasteiger charge is 2.24. The highest BCUT2D eigenvalue weighted by molar-refractivity contribution is 5.52. The molecule has 0 aromatic heterocycles. The summed E-state index contributed by atoms with van der Waals surface area (Å²) in [6, 6.07) is 7.18. The van der Waals surface area contributed by atoms with Crippen LogP contribution in [0.2, 0.25) is 0 Å². The molecule has 2 unspecified atom stereocenters. The van der Waals surface area contributed by atoms with E-state index < -0.39 is 0 Å². The lowest BCUT2D eigenvalue weighted by Crippen LogP contribution is -2.22. The van der Waals surface area contributed by atoms with Gasteiger partial charge >= 0.3 is 0 Å². The first kappa shape index (κ1) is 13.9. The zero-order valence-electron chi connectivity index (χ0n) is 12.8. The number of hydrogen-bond acceptors (Lipinski definition) is 2. The van der Waals surface area contributed by atoms with E-state index in [1.165, 1.54) is 57.3 Å². The van der Waals surface area contributed by atoms with E-state index in [0.29, 0.717) is 5.92 Å². The van der Waals surface area contributed by atoms with Gasteiger partial charge in [-0.25, -0.2) is 0 Å². The molecule has 1 heterocycles. The van der Waals surface area contributed by atoms with Crippen molar-refractivity contribution in [1.29, 1.82) is 0 Å². The monoisotopic (exact) mass is 272 g/mol. The summed E-state index contributed by atoms with van der Waals surface area (Å²) in [6.45, 7) is 5.56. The van der Waals surface area contributed by atoms with Gasteiger partial charge in [-0.15, -0.1) is 0 Å². The van der Waals surface area contributed by atoms with Crippen molar-refractivity contribution in [2.24, 2.45) is 17.6 Å². The number of benzene rings is 1. The first-order chi connectivity index (χ1) is 9.76. The minimum atomic E-state index is 0.670. The molecule has 1 aromatic carbocycles. The Labute approximate surface area is 123 Å². The Hall–Kier alpha value is -1.02. The highest BCUT2D eigenvalue weighted by atomic mass is 15.1. The molecule has 0 amide bonds. The van der Waals surface area contributed by atoms with Gasteiger partial charge in [-0.1, -0.05) is 13.0 Å². The molecule has 3 rings (SSSR count). The molecule has 110 valence electrons. The van der Waals surface area contributed by atoms with E-state index in [2.05, 4.69) is 30.0 Å². The van der Waals surface area contributed by atoms with Crippen LogP contribution in [-0.4, -0.2) is 19.6 Å². The topological polar surface area (TPSA) is 29.3 Å². The SMILES string of the molecule is CC(CN)CC1CCN(c2ccc3c(c2)CCCC3)C1. The lowest BCUT2D eigenvalue weighted by molar-refractivity contribution is 0.423. The summed E-state index contributed by atoms with van der Waals surface area (Å²) >= 11 is 0. The number of nitrogens with zero attached hydrogens (tertiary/aromatic N) is 1. The molecule has 2 aliphatic rings. The Morgan fingerprint density at radius 3 is 2.85 bits per heavy atom. The molecular weight excluding hydrogens is 244 g/mol. The maximum absolute atomic E-state index is 5.76. The molecule has 0 saturated carbocycles. The van der Waals surface area contributed by atoms with Crippen LogP contribution in [0.1, 0.15) is 43.7 Å². The molecule has 2 heteroatoms. The lowest BCUT2D eigenvalue weighted by Gasteiger charge is -2.23. The maximum Gasteiger partial charge on any atom is 0.0369 e. The number of anilines is 1. The van der Waals surface area contributed by atoms with Crippen molar-refractivity contribution in [3.8, 4) is 0 Å². The van der Waals surface area contributed by atoms with Crippen molar-refractivity contribution >= 4 is 5.69 Å². The van der Waals surface area contributed by atoms with Gasteiger partial charge in [0, 0.05) is 18.8 Å². The summed E-state index contributed by atoms with van der Waals surface area (Å²) in [5, 5.41) is 0. The highest BCUT2D eigenvalue weighted by Crippen LogP contribution is 2.31. The van der Waals surface area contributed by atoms with Gasteiger partial charge in [-0.2, -0.15) is 0 Å². The third-order valence-corrected chi connectivity index (χ3v) is 5.12. The smallest absolute Gasteiger partial charge is 0.0369 e. The maximum atomic E-state index is 5.76. The largest absolute Gasteiger partial charge is 0.371 e. The average Bonchev–Trinajstić information content (AvgIpc) is 2.95. The molecule has 0 radical (unpaired) electrons. The lowest BCUT2D eigenvalue weighted by atomic mass is 9.91. The molecule has 0 spiro atoms. The minimum absolute atomic E-state index is 0.670. The van der Waals surface area contributed by atoms with E-state index in [1.54, 1.807) is 11.1 Å². The minimum Gasteiger partial charge on any atom is -0.371 e. The van der Waals surface area contributed by atoms with Gasteiger partial charge in [0.15, 0.2) is 0 Å². The summed E-state index contributed by atoms with van der Waals surface area (Å²) in [5.74, 6) is 1.51. The fraction of sp³-hybridized carbons (Fsp3) is 0.667. The van der Waals surface area contributed by atoms with Crippen LogP contribution in [0.3, 0.4) is 0 Å². The van der Waals surface area contributed by atoms with Crippen molar-refractivity contribution in [2.45, 2.75) is 45.4 Å². The van der Waals surface area contributed by atoms with Crippen molar-refractivity contribution in [3.05, 3.63) is 29.3 Å². The Balaban J connectivity index is 1.65. The second-order valence-electron chi connectivity index (χ2n) is 6.84. The van der Waals surface area contributed by atoms with Crippen LogP contribution in [0.15, 0.2) is 18.2 Å². The number of rotatable bonds is 4. The van der Waals surface area contributed by atoms with Crippen molar-refractivity contribution in [1.82, 2.24) is 0 Å². The van der Waals surface area contributed by atoms with Crippen LogP contribution in [0, 0.1) is 11.8 Å². The van der Waals surface area contributed by atoms with Gasteiger partial charge in [-0.05, 0) is 80.2 Å². The van der Waals surface area contributed by atoms with Gasteiger partial charge in [0.2, 0.25) is 0 Å². The molecule has 20 heavy (non-hydrogen) atoms. The first-order valence-corrected chi connectivity index (χ1v) is 8.33. The summed E-state index contributed by atoms with van der Waals surface area (Å²) in [6.07, 6.45) is 7.93. The van der Waals surface area contributed by atoms with Crippen LogP contribution in [0.4, 0.5) is 5.69 Å². The fourth-order valence-corrected chi connectivity index (χ4v) is 3.84. The number of fused-ring (bicyclic) bond motifs is 1. The van der Waals surface area contributed by atoms with Crippen LogP contribution in [-0.2, 0) is 12.8 Å². The molecule has 1 aliphatic heterocycles. The van der Waals surface area contributed by atoms with E-state index in [-0.39, 0.29) is 0 Å². The third kappa shape index (κ3) is 3.01. The molecule has 1 aliphatic carbocycles. The zero-order valence-corrected chi connectivity index (χ0v) is 12.8. The number of nitrogens with two attached hydrogens (primary N) is 1. The Morgan fingerprint density at radius 1 is 1.25 bits per heavy atom. The zero-order chi connectivity index (χ0) is 13.9. The second-order valence-corrected chi connectivity index (χ2v) is 6.84. The third-order valence-electron chi connectivity index (χ3n) is 5.12. The predicted octanol–water partition coefficient (Wildman–Crippen LogP) is 3.38. The van der Waals surface area contributed by atoms with E-state index in [9.17, 15) is 0 Å². The van der Waals surface area contributed by atoms with E-state index >= 15 is 0 Å². The van der Waals surface area contributed by atoms with Crippen LogP contribution >= 0.6 is 0 Å². The number of aryl methyl sites for hydroxylation is 2. The normalized spacial score (nSPS) is 23.7. The predicted molar refractivity (Wildman–Crippen MR) is 86.2 cm³/mol. The van der Waals surface area contributed by atoms with Gasteiger partial charge in [0.25, 0.3) is 0 Å². The second kappa shape index (κ2) is 6.17. The summed E-state index contributed by atoms with van der Waals surface area (Å²) < 4.78 is 0. The number of hydrogen-bond donors (Lipinski definition) is 1. The molecule has 1 fully saturated rings. The molecule has 2 N–H and O–H groups in total. The quantitative estimate of drug-likeness (QED) is 0.910. The first-order valence-electron chi connectivity index (χ1n) is 8.33. The van der Waals surface area contributed by atoms with E-state index in [0.717, 1.165) is 12.5 Å². The van der Waals surface area contributed by atoms with Crippen molar-refractivity contribution < 1.29 is 0 Å². The molecule has 1 aromatic rings. The van der Waals surface area contributed by atoms with Gasteiger partial charge in [0.1, 0.15) is 0 Å². The van der Waals surface area contributed by atoms with Gasteiger partial charge in [0.05, 0.1) is 0 Å². The molecular formula is C18H28N2. The Kier molecular flexibility index (Phi) is 4.30. The standard InChI is InChI=1S/C18H28N2/c1-14(12-19)10-15-8-9-20(13-15)18-7-6-16-4-2-3-5-17(16)11-18/h6-7,11,14-15H,2-5,8-10,12-13,19H2,1H3. The summed E-state index contributed by atoms with van der Waals surface area (Å²) in [5.41, 5.74) is 10.4. The van der Waals surface area contributed by atoms with E-state index in [1.807, 2.05) is 0 Å². The molecule has 2 nitrogen and oxygen atoms in total. The van der Waals surface area contributed by atoms with Gasteiger partial charge in [-0.3, -0.25) is 0 Å². The van der Waals surface area contributed by atoms with E-state index in [4.69, 9.17) is 5.73 Å². The van der Waals surface area contributed by atoms with Crippen LogP contribution in [0.5, 0.6) is 0 Å². The van der Waals surface area contributed by atoms with Crippen molar-refractivity contribution in [3.63, 3.8) is 0 Å². The van der Waals surface area contributed by atoms with Crippen LogP contribution in [0.25, 0.3) is 0 Å². The molecule has 1 saturated heterocycles. The fourth-order valence-electron chi connectivity index (χ4n) is 3.84. The van der Waals surface area contributed by atoms with Crippen LogP contribution < -0.4 is 10.6 Å². The summed E-state index contributed by atoms with van der Waals surface area (Å²) in [7, 11) is 0. The molecule has 2 atom stereocenters. The Bertz CT molecular complexity index is 455. The van der Waals surface area contributed by atoms with Gasteiger partial charge < -0.3 is 10.6 Å². The average molecular weight is 272 g/mol.